The van der Waals surface area contributed by atoms with Crippen molar-refractivity contribution in [2.45, 2.75) is 13.5 Å². The molecule has 0 spiro atoms. The lowest BCUT2D eigenvalue weighted by molar-refractivity contribution is -0.385. The van der Waals surface area contributed by atoms with E-state index in [0.717, 1.165) is 15.7 Å². The van der Waals surface area contributed by atoms with E-state index >= 15 is 0 Å². The molecule has 0 unspecified atom stereocenters. The average molecular weight is 321 g/mol. The van der Waals surface area contributed by atoms with Gasteiger partial charge in [-0.2, -0.15) is 0 Å². The van der Waals surface area contributed by atoms with Crippen LogP contribution in [-0.2, 0) is 6.54 Å². The SMILES string of the molecule is Cc1cc(NCc2ccccc2[N+](=O)[O-])ccc1Br. The second-order valence-corrected chi connectivity index (χ2v) is 5.06. The molecule has 0 aliphatic carbocycles. The summed E-state index contributed by atoms with van der Waals surface area (Å²) in [6.07, 6.45) is 0. The number of hydrogen-bond donors (Lipinski definition) is 1. The third-order valence-corrected chi connectivity index (χ3v) is 3.72. The van der Waals surface area contributed by atoms with Crippen molar-refractivity contribution in [2.24, 2.45) is 0 Å². The van der Waals surface area contributed by atoms with Crippen molar-refractivity contribution in [1.29, 1.82) is 0 Å². The van der Waals surface area contributed by atoms with E-state index in [0.29, 0.717) is 12.1 Å². The smallest absolute Gasteiger partial charge is 0.274 e. The molecule has 5 heteroatoms. The second-order valence-electron chi connectivity index (χ2n) is 4.20. The van der Waals surface area contributed by atoms with Gasteiger partial charge in [-0.05, 0) is 30.7 Å². The van der Waals surface area contributed by atoms with Crippen LogP contribution in [0.1, 0.15) is 11.1 Å². The molecule has 0 aromatic heterocycles. The Labute approximate surface area is 119 Å². The highest BCUT2D eigenvalue weighted by Crippen LogP contribution is 2.22. The highest BCUT2D eigenvalue weighted by Gasteiger charge is 2.11. The summed E-state index contributed by atoms with van der Waals surface area (Å²) in [5.41, 5.74) is 2.88. The molecule has 0 saturated heterocycles. The zero-order valence-electron chi connectivity index (χ0n) is 10.4. The van der Waals surface area contributed by atoms with Crippen molar-refractivity contribution in [3.8, 4) is 0 Å². The summed E-state index contributed by atoms with van der Waals surface area (Å²) in [7, 11) is 0. The fourth-order valence-electron chi connectivity index (χ4n) is 1.79. The number of halogens is 1. The van der Waals surface area contributed by atoms with Gasteiger partial charge in [0.1, 0.15) is 0 Å². The second kappa shape index (κ2) is 5.84. The largest absolute Gasteiger partial charge is 0.381 e. The first-order valence-electron chi connectivity index (χ1n) is 5.80. The van der Waals surface area contributed by atoms with E-state index in [1.807, 2.05) is 25.1 Å². The van der Waals surface area contributed by atoms with Crippen molar-refractivity contribution in [3.05, 3.63) is 68.2 Å². The zero-order valence-corrected chi connectivity index (χ0v) is 12.0. The lowest BCUT2D eigenvalue weighted by Crippen LogP contribution is -2.03. The minimum absolute atomic E-state index is 0.142. The van der Waals surface area contributed by atoms with Crippen LogP contribution in [0.5, 0.6) is 0 Å². The van der Waals surface area contributed by atoms with Crippen molar-refractivity contribution in [1.82, 2.24) is 0 Å². The van der Waals surface area contributed by atoms with Crippen molar-refractivity contribution in [3.63, 3.8) is 0 Å². The summed E-state index contributed by atoms with van der Waals surface area (Å²) in [5.74, 6) is 0. The fraction of sp³-hybridized carbons (Fsp3) is 0.143. The van der Waals surface area contributed by atoms with E-state index in [4.69, 9.17) is 0 Å². The minimum atomic E-state index is -0.357. The number of anilines is 1. The van der Waals surface area contributed by atoms with Gasteiger partial charge in [-0.3, -0.25) is 10.1 Å². The van der Waals surface area contributed by atoms with Crippen LogP contribution >= 0.6 is 15.9 Å². The van der Waals surface area contributed by atoms with Crippen LogP contribution < -0.4 is 5.32 Å². The minimum Gasteiger partial charge on any atom is -0.381 e. The Morgan fingerprint density at radius 2 is 2.00 bits per heavy atom. The monoisotopic (exact) mass is 320 g/mol. The molecule has 0 amide bonds. The molecule has 0 bridgehead atoms. The summed E-state index contributed by atoms with van der Waals surface area (Å²) in [6.45, 7) is 2.43. The van der Waals surface area contributed by atoms with Gasteiger partial charge in [-0.15, -0.1) is 0 Å². The molecule has 0 aliphatic rings. The Balaban J connectivity index is 2.14. The molecule has 0 aliphatic heterocycles. The number of nitro benzene ring substituents is 1. The number of benzene rings is 2. The van der Waals surface area contributed by atoms with Crippen LogP contribution in [0, 0.1) is 17.0 Å². The van der Waals surface area contributed by atoms with Gasteiger partial charge < -0.3 is 5.32 Å². The van der Waals surface area contributed by atoms with E-state index in [9.17, 15) is 10.1 Å². The standard InChI is InChI=1S/C14H13BrN2O2/c1-10-8-12(6-7-13(10)15)16-9-11-4-2-3-5-14(11)17(18)19/h2-8,16H,9H2,1H3. The fourth-order valence-corrected chi connectivity index (χ4v) is 2.04. The number of nitrogens with zero attached hydrogens (tertiary/aromatic N) is 1. The topological polar surface area (TPSA) is 55.2 Å². The number of nitrogens with one attached hydrogen (secondary N) is 1. The van der Waals surface area contributed by atoms with Crippen LogP contribution in [0.2, 0.25) is 0 Å². The van der Waals surface area contributed by atoms with Gasteiger partial charge in [0.25, 0.3) is 5.69 Å². The van der Waals surface area contributed by atoms with Gasteiger partial charge in [-0.1, -0.05) is 34.1 Å². The molecular formula is C14H13BrN2O2. The molecule has 0 saturated carbocycles. The Hall–Kier alpha value is -1.88. The number of para-hydroxylation sites is 1. The Bertz CT molecular complexity index is 614. The van der Waals surface area contributed by atoms with E-state index in [-0.39, 0.29) is 10.6 Å². The lowest BCUT2D eigenvalue weighted by atomic mass is 10.1. The zero-order chi connectivity index (χ0) is 13.8. The van der Waals surface area contributed by atoms with Gasteiger partial charge in [0.05, 0.1) is 4.92 Å². The number of hydrogen-bond acceptors (Lipinski definition) is 3. The van der Waals surface area contributed by atoms with E-state index in [2.05, 4.69) is 21.2 Å². The molecule has 2 aromatic rings. The summed E-state index contributed by atoms with van der Waals surface area (Å²) >= 11 is 3.44. The van der Waals surface area contributed by atoms with Gasteiger partial charge in [-0.25, -0.2) is 0 Å². The van der Waals surface area contributed by atoms with Crippen LogP contribution in [-0.4, -0.2) is 4.92 Å². The van der Waals surface area contributed by atoms with E-state index < -0.39 is 0 Å². The van der Waals surface area contributed by atoms with Crippen molar-refractivity contribution < 1.29 is 4.92 Å². The Kier molecular flexibility index (Phi) is 4.16. The first-order valence-corrected chi connectivity index (χ1v) is 6.59. The molecular weight excluding hydrogens is 308 g/mol. The maximum Gasteiger partial charge on any atom is 0.274 e. The molecule has 98 valence electrons. The summed E-state index contributed by atoms with van der Waals surface area (Å²) in [4.78, 5) is 10.5. The first-order chi connectivity index (χ1) is 9.08. The molecule has 0 fully saturated rings. The molecule has 4 nitrogen and oxygen atoms in total. The first kappa shape index (κ1) is 13.5. The number of rotatable bonds is 4. The van der Waals surface area contributed by atoms with Crippen LogP contribution in [0.25, 0.3) is 0 Å². The molecule has 19 heavy (non-hydrogen) atoms. The van der Waals surface area contributed by atoms with Gasteiger partial charge in [0.15, 0.2) is 0 Å². The molecule has 2 rings (SSSR count). The van der Waals surface area contributed by atoms with Crippen LogP contribution in [0.4, 0.5) is 11.4 Å². The Morgan fingerprint density at radius 1 is 1.26 bits per heavy atom. The third-order valence-electron chi connectivity index (χ3n) is 2.83. The molecule has 2 aromatic carbocycles. The summed E-state index contributed by atoms with van der Waals surface area (Å²) < 4.78 is 1.05. The third kappa shape index (κ3) is 3.32. The highest BCUT2D eigenvalue weighted by atomic mass is 79.9. The van der Waals surface area contributed by atoms with Crippen molar-refractivity contribution in [2.75, 3.05) is 5.32 Å². The molecule has 0 atom stereocenters. The summed E-state index contributed by atoms with van der Waals surface area (Å²) in [5, 5.41) is 14.1. The molecule has 1 N–H and O–H groups in total. The summed E-state index contributed by atoms with van der Waals surface area (Å²) in [6, 6.07) is 12.6. The molecule has 0 radical (unpaired) electrons. The predicted octanol–water partition coefficient (Wildman–Crippen LogP) is 4.28. The van der Waals surface area contributed by atoms with E-state index in [1.165, 1.54) is 6.07 Å². The number of nitro groups is 1. The lowest BCUT2D eigenvalue weighted by Gasteiger charge is -2.08. The predicted molar refractivity (Wildman–Crippen MR) is 79.3 cm³/mol. The van der Waals surface area contributed by atoms with Crippen molar-refractivity contribution >= 4 is 27.3 Å². The maximum absolute atomic E-state index is 10.9. The van der Waals surface area contributed by atoms with Gasteiger partial charge in [0.2, 0.25) is 0 Å². The molecule has 0 heterocycles. The Morgan fingerprint density at radius 3 is 2.68 bits per heavy atom. The van der Waals surface area contributed by atoms with Crippen LogP contribution in [0.15, 0.2) is 46.9 Å². The highest BCUT2D eigenvalue weighted by molar-refractivity contribution is 9.10. The maximum atomic E-state index is 10.9. The normalized spacial score (nSPS) is 10.2. The quantitative estimate of drug-likeness (QED) is 0.675. The van der Waals surface area contributed by atoms with Crippen LogP contribution in [0.3, 0.4) is 0 Å². The van der Waals surface area contributed by atoms with Gasteiger partial charge >= 0.3 is 0 Å². The van der Waals surface area contributed by atoms with E-state index in [1.54, 1.807) is 18.2 Å². The van der Waals surface area contributed by atoms with Gasteiger partial charge in [0, 0.05) is 28.3 Å². The number of aryl methyl sites for hydroxylation is 1. The average Bonchev–Trinajstić information content (AvgIpc) is 2.40.